The van der Waals surface area contributed by atoms with E-state index in [1.165, 1.54) is 83.5 Å². The van der Waals surface area contributed by atoms with Crippen molar-refractivity contribution in [3.05, 3.63) is 23.8 Å². The topological polar surface area (TPSA) is 155 Å². The lowest BCUT2D eigenvalue weighted by Gasteiger charge is -2.54. The zero-order chi connectivity index (χ0) is 35.4. The lowest BCUT2D eigenvalue weighted by Crippen LogP contribution is -2.79. The summed E-state index contributed by atoms with van der Waals surface area (Å²) >= 11 is 0. The molecule has 1 aromatic carbocycles. The van der Waals surface area contributed by atoms with Crippen molar-refractivity contribution in [2.45, 2.75) is 146 Å². The van der Waals surface area contributed by atoms with Gasteiger partial charge >= 0.3 is 22.1 Å². The average Bonchev–Trinajstić information content (AvgIpc) is 3.23. The Morgan fingerprint density at radius 3 is 2.02 bits per heavy atom. The average molecular weight is 696 g/mol. The van der Waals surface area contributed by atoms with E-state index in [2.05, 4.69) is 12.2 Å². The summed E-state index contributed by atoms with van der Waals surface area (Å²) in [6.45, 7) is 7.13. The fraction of sp³-hybridized carbons (Fsp3) is 0.750. The van der Waals surface area contributed by atoms with E-state index in [4.69, 9.17) is 18.4 Å². The van der Waals surface area contributed by atoms with Crippen molar-refractivity contribution in [1.29, 1.82) is 0 Å². The van der Waals surface area contributed by atoms with Crippen molar-refractivity contribution < 1.29 is 46.3 Å². The van der Waals surface area contributed by atoms with Crippen LogP contribution in [0.3, 0.4) is 0 Å². The largest absolute Gasteiger partial charge is 0.492 e. The number of nitrogens with one attached hydrogen (secondary N) is 1. The third-order valence-corrected chi connectivity index (χ3v) is 11.2. The van der Waals surface area contributed by atoms with Gasteiger partial charge in [-0.1, -0.05) is 104 Å². The standard InChI is InChI=1S/C36H57NO10S/c1-6-7-8-9-10-11-12-13-14-15-16-17-18-19-23-45-29-21-20-27(33(40)44-5)25-30(29)48(42,43)46-24-22-28-32(39)37-36(31(38)26(2)3)34(41)47-35(28,36)4/h20-21,25-26,28,31,38H,6-19,22-24H2,1-5H3,(H,37,39). The van der Waals surface area contributed by atoms with E-state index in [1.807, 2.05) is 0 Å². The van der Waals surface area contributed by atoms with Crippen LogP contribution >= 0.6 is 0 Å². The molecule has 4 unspecified atom stereocenters. The summed E-state index contributed by atoms with van der Waals surface area (Å²) in [5, 5.41) is 13.4. The zero-order valence-electron chi connectivity index (χ0n) is 29.5. The molecule has 48 heavy (non-hydrogen) atoms. The van der Waals surface area contributed by atoms with E-state index in [0.717, 1.165) is 31.7 Å². The van der Waals surface area contributed by atoms with Gasteiger partial charge < -0.3 is 24.6 Å². The SMILES string of the molecule is CCCCCCCCCCCCCCCCOc1ccc(C(=O)OC)cc1S(=O)(=O)OCCC1C(=O)NC2(C(O)C(C)C)C(=O)OC12C. The van der Waals surface area contributed by atoms with Gasteiger partial charge in [-0.2, -0.15) is 8.42 Å². The molecule has 2 saturated heterocycles. The Kier molecular flexibility index (Phi) is 15.2. The normalized spacial score (nSPS) is 22.5. The Morgan fingerprint density at radius 1 is 0.938 bits per heavy atom. The van der Waals surface area contributed by atoms with Gasteiger partial charge in [-0.15, -0.1) is 0 Å². The van der Waals surface area contributed by atoms with Crippen LogP contribution in [0.4, 0.5) is 0 Å². The predicted molar refractivity (Wildman–Crippen MR) is 181 cm³/mol. The second kappa shape index (κ2) is 18.3. The summed E-state index contributed by atoms with van der Waals surface area (Å²) in [6.07, 6.45) is 15.8. The van der Waals surface area contributed by atoms with Crippen molar-refractivity contribution in [3.8, 4) is 5.75 Å². The molecular weight excluding hydrogens is 638 g/mol. The monoisotopic (exact) mass is 695 g/mol. The van der Waals surface area contributed by atoms with Gasteiger partial charge in [-0.25, -0.2) is 9.59 Å². The summed E-state index contributed by atoms with van der Waals surface area (Å²) < 4.78 is 48.2. The van der Waals surface area contributed by atoms with Crippen molar-refractivity contribution >= 4 is 28.0 Å². The number of aliphatic hydroxyl groups is 1. The Morgan fingerprint density at radius 2 is 1.50 bits per heavy atom. The highest BCUT2D eigenvalue weighted by atomic mass is 32.2. The number of unbranched alkanes of at least 4 members (excludes halogenated alkanes) is 13. The van der Waals surface area contributed by atoms with E-state index in [-0.39, 0.29) is 28.5 Å². The summed E-state index contributed by atoms with van der Waals surface area (Å²) in [5.74, 6) is -3.22. The van der Waals surface area contributed by atoms with Gasteiger partial charge in [0.15, 0.2) is 5.60 Å². The van der Waals surface area contributed by atoms with Gasteiger partial charge in [-0.3, -0.25) is 8.98 Å². The number of amides is 1. The van der Waals surface area contributed by atoms with E-state index >= 15 is 0 Å². The molecule has 2 N–H and O–H groups in total. The first-order valence-electron chi connectivity index (χ1n) is 17.8. The van der Waals surface area contributed by atoms with Crippen LogP contribution in [-0.4, -0.2) is 68.9 Å². The molecule has 3 rings (SSSR count). The molecule has 0 aromatic heterocycles. The molecule has 12 heteroatoms. The molecule has 2 fully saturated rings. The number of methoxy groups -OCH3 is 1. The van der Waals surface area contributed by atoms with Gasteiger partial charge in [-0.05, 0) is 43.9 Å². The summed E-state index contributed by atoms with van der Waals surface area (Å²) in [6, 6.07) is 4.00. The second-order valence-corrected chi connectivity index (χ2v) is 15.3. The molecular formula is C36H57NO10S. The van der Waals surface area contributed by atoms with Crippen molar-refractivity contribution in [1.82, 2.24) is 5.32 Å². The number of benzene rings is 1. The molecule has 1 amide bonds. The van der Waals surface area contributed by atoms with Crippen LogP contribution in [-0.2, 0) is 33.4 Å². The Bertz CT molecular complexity index is 1330. The Hall–Kier alpha value is -2.70. The number of rotatable bonds is 24. The molecule has 1 aromatic rings. The molecule has 0 spiro atoms. The molecule has 11 nitrogen and oxygen atoms in total. The predicted octanol–water partition coefficient (Wildman–Crippen LogP) is 6.25. The number of hydrogen-bond donors (Lipinski definition) is 2. The van der Waals surface area contributed by atoms with Gasteiger partial charge in [0.2, 0.25) is 11.4 Å². The van der Waals surface area contributed by atoms with Gasteiger partial charge in [0.25, 0.3) is 0 Å². The molecule has 0 aliphatic carbocycles. The minimum absolute atomic E-state index is 0.0139. The summed E-state index contributed by atoms with van der Waals surface area (Å²) in [7, 11) is -3.25. The fourth-order valence-corrected chi connectivity index (χ4v) is 7.93. The molecule has 2 heterocycles. The maximum Gasteiger partial charge on any atom is 0.339 e. The number of fused-ring (bicyclic) bond motifs is 1. The van der Waals surface area contributed by atoms with Crippen LogP contribution in [0.2, 0.25) is 0 Å². The maximum absolute atomic E-state index is 13.4. The zero-order valence-corrected chi connectivity index (χ0v) is 30.3. The van der Waals surface area contributed by atoms with Crippen molar-refractivity contribution in [2.24, 2.45) is 11.8 Å². The number of carbonyl (C=O) groups excluding carboxylic acids is 3. The van der Waals surface area contributed by atoms with Crippen molar-refractivity contribution in [2.75, 3.05) is 20.3 Å². The number of carbonyl (C=O) groups is 3. The molecule has 0 radical (unpaired) electrons. The van der Waals surface area contributed by atoms with E-state index in [0.29, 0.717) is 6.61 Å². The highest BCUT2D eigenvalue weighted by molar-refractivity contribution is 7.86. The van der Waals surface area contributed by atoms with E-state index in [9.17, 15) is 27.9 Å². The minimum atomic E-state index is -4.45. The second-order valence-electron chi connectivity index (χ2n) is 13.7. The van der Waals surface area contributed by atoms with Crippen molar-refractivity contribution in [3.63, 3.8) is 0 Å². The first-order valence-corrected chi connectivity index (χ1v) is 19.2. The van der Waals surface area contributed by atoms with Crippen LogP contribution in [0.15, 0.2) is 23.1 Å². The smallest absolute Gasteiger partial charge is 0.339 e. The number of hydrogen-bond acceptors (Lipinski definition) is 10. The third-order valence-electron chi connectivity index (χ3n) is 9.82. The summed E-state index contributed by atoms with van der Waals surface area (Å²) in [5.41, 5.74) is -2.96. The molecule has 272 valence electrons. The summed E-state index contributed by atoms with van der Waals surface area (Å²) in [4.78, 5) is 37.3. The first-order chi connectivity index (χ1) is 22.9. The van der Waals surface area contributed by atoms with Crippen LogP contribution in [0.5, 0.6) is 5.75 Å². The van der Waals surface area contributed by atoms with Crippen LogP contribution in [0.25, 0.3) is 0 Å². The quantitative estimate of drug-likeness (QED) is 0.0721. The highest BCUT2D eigenvalue weighted by Crippen LogP contribution is 2.52. The van der Waals surface area contributed by atoms with Gasteiger partial charge in [0.05, 0.1) is 37.9 Å². The molecule has 0 saturated carbocycles. The van der Waals surface area contributed by atoms with Gasteiger partial charge in [0.1, 0.15) is 10.6 Å². The number of esters is 2. The Labute approximate surface area is 286 Å². The van der Waals surface area contributed by atoms with Crippen LogP contribution in [0, 0.1) is 11.8 Å². The number of ether oxygens (including phenoxy) is 3. The Balaban J connectivity index is 1.50. The van der Waals surface area contributed by atoms with Gasteiger partial charge in [0, 0.05) is 0 Å². The molecule has 2 aliphatic heterocycles. The van der Waals surface area contributed by atoms with E-state index in [1.54, 1.807) is 20.8 Å². The van der Waals surface area contributed by atoms with Crippen LogP contribution in [0.1, 0.15) is 134 Å². The minimum Gasteiger partial charge on any atom is -0.492 e. The van der Waals surface area contributed by atoms with E-state index < -0.39 is 57.7 Å². The maximum atomic E-state index is 13.4. The third kappa shape index (κ3) is 9.29. The lowest BCUT2D eigenvalue weighted by atomic mass is 9.66. The number of aliphatic hydroxyl groups excluding tert-OH is 1. The lowest BCUT2D eigenvalue weighted by molar-refractivity contribution is -0.238. The van der Waals surface area contributed by atoms with Crippen LogP contribution < -0.4 is 10.1 Å². The molecule has 0 bridgehead atoms. The highest BCUT2D eigenvalue weighted by Gasteiger charge is 2.79. The fourth-order valence-electron chi connectivity index (χ4n) is 6.84. The molecule has 4 atom stereocenters. The molecule has 2 aliphatic rings. The first kappa shape index (κ1) is 39.7.